The molecule has 0 aromatic carbocycles. The van der Waals surface area contributed by atoms with Crippen molar-refractivity contribution >= 4 is 5.97 Å². The van der Waals surface area contributed by atoms with Crippen LogP contribution in [0.15, 0.2) is 11.1 Å². The Bertz CT molecular complexity index is 685. The van der Waals surface area contributed by atoms with Crippen LogP contribution in [0.5, 0.6) is 0 Å². The number of aliphatic hydroxyl groups is 2. The minimum atomic E-state index is -0.987. The highest BCUT2D eigenvalue weighted by molar-refractivity contribution is 5.84. The van der Waals surface area contributed by atoms with E-state index in [4.69, 9.17) is 9.47 Å². The van der Waals surface area contributed by atoms with Crippen molar-refractivity contribution in [2.75, 3.05) is 6.61 Å². The minimum Gasteiger partial charge on any atom is -0.455 e. The van der Waals surface area contributed by atoms with E-state index in [9.17, 15) is 15.0 Å². The molecule has 0 radical (unpaired) electrons. The molecule has 5 heteroatoms. The number of ether oxygens (including phenoxy) is 2. The van der Waals surface area contributed by atoms with Crippen LogP contribution in [-0.4, -0.2) is 46.2 Å². The van der Waals surface area contributed by atoms with E-state index in [1.54, 1.807) is 0 Å². The molecule has 0 amide bonds. The number of fused-ring (bicyclic) bond motifs is 1. The molecule has 7 atom stereocenters. The van der Waals surface area contributed by atoms with Crippen molar-refractivity contribution in [3.63, 3.8) is 0 Å². The van der Waals surface area contributed by atoms with Crippen LogP contribution in [0.2, 0.25) is 0 Å². The molecule has 4 fully saturated rings. The van der Waals surface area contributed by atoms with Gasteiger partial charge in [-0.2, -0.15) is 0 Å². The molecular formula is C19H26O5. The number of rotatable bonds is 1. The Hall–Kier alpha value is -0.910. The molecule has 5 nitrogen and oxygen atoms in total. The summed E-state index contributed by atoms with van der Waals surface area (Å²) >= 11 is 0. The largest absolute Gasteiger partial charge is 0.455 e. The van der Waals surface area contributed by atoms with Crippen molar-refractivity contribution in [1.29, 1.82) is 0 Å². The number of hydrogen-bond acceptors (Lipinski definition) is 5. The summed E-state index contributed by atoms with van der Waals surface area (Å²) in [5, 5.41) is 21.1. The lowest BCUT2D eigenvalue weighted by atomic mass is 9.43. The van der Waals surface area contributed by atoms with Gasteiger partial charge in [0.15, 0.2) is 0 Å². The van der Waals surface area contributed by atoms with Gasteiger partial charge in [0, 0.05) is 11.8 Å². The van der Waals surface area contributed by atoms with Gasteiger partial charge in [0.25, 0.3) is 0 Å². The first-order valence-electron chi connectivity index (χ1n) is 9.17. The molecular weight excluding hydrogens is 308 g/mol. The molecule has 3 heterocycles. The molecule has 2 saturated carbocycles. The maximum atomic E-state index is 13.2. The fourth-order valence-electron chi connectivity index (χ4n) is 6.72. The summed E-state index contributed by atoms with van der Waals surface area (Å²) in [4.78, 5) is 13.2. The van der Waals surface area contributed by atoms with E-state index >= 15 is 0 Å². The Labute approximate surface area is 142 Å². The quantitative estimate of drug-likeness (QED) is 0.564. The van der Waals surface area contributed by atoms with E-state index in [1.165, 1.54) is 11.1 Å². The first-order valence-corrected chi connectivity index (χ1v) is 9.17. The van der Waals surface area contributed by atoms with E-state index in [0.29, 0.717) is 25.2 Å². The zero-order chi connectivity index (χ0) is 17.1. The molecule has 0 aromatic rings. The van der Waals surface area contributed by atoms with Crippen molar-refractivity contribution in [2.24, 2.45) is 16.7 Å². The van der Waals surface area contributed by atoms with Crippen LogP contribution < -0.4 is 0 Å². The summed E-state index contributed by atoms with van der Waals surface area (Å²) in [7, 11) is 0. The molecule has 5 rings (SSSR count). The number of esters is 1. The van der Waals surface area contributed by atoms with E-state index in [1.807, 2.05) is 0 Å². The molecule has 5 aliphatic rings. The van der Waals surface area contributed by atoms with Crippen LogP contribution in [0.3, 0.4) is 0 Å². The van der Waals surface area contributed by atoms with E-state index < -0.39 is 22.7 Å². The van der Waals surface area contributed by atoms with Crippen LogP contribution in [0.1, 0.15) is 52.9 Å². The Morgan fingerprint density at radius 2 is 2.08 bits per heavy atom. The number of carbonyl (C=O) groups is 1. The molecule has 24 heavy (non-hydrogen) atoms. The molecule has 2 spiro atoms. The van der Waals surface area contributed by atoms with Crippen LogP contribution in [-0.2, 0) is 14.3 Å². The normalized spacial score (nSPS) is 57.9. The summed E-state index contributed by atoms with van der Waals surface area (Å²) in [5.41, 5.74) is -0.524. The van der Waals surface area contributed by atoms with Crippen LogP contribution in [0.25, 0.3) is 0 Å². The monoisotopic (exact) mass is 334 g/mol. The average Bonchev–Trinajstić information content (AvgIpc) is 3.01. The first-order chi connectivity index (χ1) is 11.3. The Morgan fingerprint density at radius 3 is 2.79 bits per heavy atom. The standard InChI is InChI=1S/C19H26O5/c1-10-4-5-14(21)19-8-18-12(6-16(10,19)3)11(2)13(23-18)7-17(18,9-20)15(22)24-19/h10,13-14,20-21H,4-9H2,1-3H3/t10-,13+,14+,16+,17+,18+,19-/m0/s1. The van der Waals surface area contributed by atoms with Crippen LogP contribution in [0.4, 0.5) is 0 Å². The molecule has 2 saturated heterocycles. The Balaban J connectivity index is 1.78. The number of hydrogen-bond donors (Lipinski definition) is 2. The lowest BCUT2D eigenvalue weighted by molar-refractivity contribution is -0.292. The predicted molar refractivity (Wildman–Crippen MR) is 85.0 cm³/mol. The number of carbonyl (C=O) groups excluding carboxylic acids is 1. The predicted octanol–water partition coefficient (Wildman–Crippen LogP) is 1.71. The van der Waals surface area contributed by atoms with E-state index in [2.05, 4.69) is 20.8 Å². The molecule has 3 bridgehead atoms. The second-order valence-electron chi connectivity index (χ2n) is 9.08. The highest BCUT2D eigenvalue weighted by atomic mass is 16.6. The molecule has 0 aromatic heterocycles. The van der Waals surface area contributed by atoms with E-state index in [0.717, 1.165) is 12.8 Å². The second-order valence-corrected chi connectivity index (χ2v) is 9.08. The summed E-state index contributed by atoms with van der Waals surface area (Å²) in [6.45, 7) is 6.23. The van der Waals surface area contributed by atoms with Crippen LogP contribution >= 0.6 is 0 Å². The summed E-state index contributed by atoms with van der Waals surface area (Å²) in [5.74, 6) is -0.0186. The van der Waals surface area contributed by atoms with Crippen molar-refractivity contribution in [1.82, 2.24) is 0 Å². The highest BCUT2D eigenvalue weighted by Crippen LogP contribution is 2.73. The van der Waals surface area contributed by atoms with Gasteiger partial charge in [-0.25, -0.2) is 0 Å². The number of aliphatic hydroxyl groups excluding tert-OH is 2. The van der Waals surface area contributed by atoms with Crippen molar-refractivity contribution in [2.45, 2.75) is 76.3 Å². The molecule has 3 aliphatic heterocycles. The molecule has 132 valence electrons. The second kappa shape index (κ2) is 4.08. The lowest BCUT2D eigenvalue weighted by Crippen LogP contribution is -2.76. The topological polar surface area (TPSA) is 76.0 Å². The van der Waals surface area contributed by atoms with Gasteiger partial charge in [0.2, 0.25) is 0 Å². The average molecular weight is 334 g/mol. The summed E-state index contributed by atoms with van der Waals surface area (Å²) in [6.07, 6.45) is 2.57. The third-order valence-corrected chi connectivity index (χ3v) is 8.55. The van der Waals surface area contributed by atoms with Gasteiger partial charge < -0.3 is 19.7 Å². The third-order valence-electron chi connectivity index (χ3n) is 8.55. The minimum absolute atomic E-state index is 0.106. The summed E-state index contributed by atoms with van der Waals surface area (Å²) in [6, 6.07) is 0. The van der Waals surface area contributed by atoms with Gasteiger partial charge in [0.05, 0.1) is 18.8 Å². The van der Waals surface area contributed by atoms with Gasteiger partial charge in [0.1, 0.15) is 16.6 Å². The van der Waals surface area contributed by atoms with Crippen molar-refractivity contribution < 1.29 is 24.5 Å². The van der Waals surface area contributed by atoms with Gasteiger partial charge in [-0.15, -0.1) is 0 Å². The van der Waals surface area contributed by atoms with Gasteiger partial charge >= 0.3 is 5.97 Å². The van der Waals surface area contributed by atoms with Crippen LogP contribution in [0, 0.1) is 16.7 Å². The van der Waals surface area contributed by atoms with Crippen molar-refractivity contribution in [3.8, 4) is 0 Å². The molecule has 2 N–H and O–H groups in total. The molecule has 2 aliphatic carbocycles. The smallest absolute Gasteiger partial charge is 0.318 e. The lowest BCUT2D eigenvalue weighted by Gasteiger charge is -2.67. The Morgan fingerprint density at radius 1 is 1.33 bits per heavy atom. The fraction of sp³-hybridized carbons (Fsp3) is 0.842. The Kier molecular flexibility index (Phi) is 2.61. The zero-order valence-corrected chi connectivity index (χ0v) is 14.6. The zero-order valence-electron chi connectivity index (χ0n) is 14.6. The third kappa shape index (κ3) is 1.23. The highest BCUT2D eigenvalue weighted by Gasteiger charge is 2.81. The summed E-state index contributed by atoms with van der Waals surface area (Å²) < 4.78 is 12.5. The first kappa shape index (κ1) is 15.4. The van der Waals surface area contributed by atoms with Crippen molar-refractivity contribution in [3.05, 3.63) is 11.1 Å². The maximum absolute atomic E-state index is 13.2. The fourth-order valence-corrected chi connectivity index (χ4v) is 6.72. The van der Waals surface area contributed by atoms with Gasteiger partial charge in [-0.1, -0.05) is 13.8 Å². The molecule has 0 unspecified atom stereocenters. The van der Waals surface area contributed by atoms with Gasteiger partial charge in [-0.05, 0) is 49.7 Å². The van der Waals surface area contributed by atoms with E-state index in [-0.39, 0.29) is 24.1 Å². The van der Waals surface area contributed by atoms with Gasteiger partial charge in [-0.3, -0.25) is 4.79 Å². The SMILES string of the molecule is CC1=C2C[C@]3(C)[C@@H](C)CC[C@@H](O)[C@@]34C[C@@]23O[C@@H]1C[C@@]3(CO)C(=O)O4. The maximum Gasteiger partial charge on any atom is 0.318 e.